The van der Waals surface area contributed by atoms with Gasteiger partial charge in [0, 0.05) is 6.92 Å². The maximum absolute atomic E-state index is 2.38. The molecule has 0 rings (SSSR count). The van der Waals surface area contributed by atoms with E-state index in [4.69, 9.17) is 0 Å². The quantitative estimate of drug-likeness (QED) is 0.334. The Morgan fingerprint density at radius 3 is 1.91 bits per heavy atom. The van der Waals surface area contributed by atoms with Gasteiger partial charge in [-0.3, -0.25) is 9.48 Å². The van der Waals surface area contributed by atoms with Crippen LogP contribution >= 0.6 is 0 Å². The first-order valence-corrected chi connectivity index (χ1v) is 4.28. The van der Waals surface area contributed by atoms with Crippen LogP contribution in [0.4, 0.5) is 0 Å². The summed E-state index contributed by atoms with van der Waals surface area (Å²) >= 11 is 0. The zero-order chi connectivity index (χ0) is 9.02. The molecule has 0 aliphatic carbocycles. The van der Waals surface area contributed by atoms with Gasteiger partial charge >= 0.3 is 0 Å². The molecule has 0 unspecified atom stereocenters. The molecule has 0 fully saturated rings. The molecule has 0 aromatic heterocycles. The molecule has 0 N–H and O–H groups in total. The smallest absolute Gasteiger partial charge is 0.243 e. The van der Waals surface area contributed by atoms with Gasteiger partial charge in [-0.15, -0.1) is 0 Å². The van der Waals surface area contributed by atoms with E-state index in [2.05, 4.69) is 51.3 Å². The topological polar surface area (TPSA) is 6.25 Å². The van der Waals surface area contributed by atoms with Crippen molar-refractivity contribution in [3.05, 3.63) is 0 Å². The minimum Gasteiger partial charge on any atom is -0.271 e. The van der Waals surface area contributed by atoms with Gasteiger partial charge < -0.3 is 0 Å². The van der Waals surface area contributed by atoms with Gasteiger partial charge in [-0.05, 0) is 20.8 Å². The Labute approximate surface area is 70.5 Å². The largest absolute Gasteiger partial charge is 0.271 e. The van der Waals surface area contributed by atoms with Crippen molar-refractivity contribution in [1.82, 2.24) is 4.90 Å². The van der Waals surface area contributed by atoms with Crippen LogP contribution in [0.25, 0.3) is 0 Å². The Kier molecular flexibility index (Phi) is 4.16. The fraction of sp³-hybridized carbons (Fsp3) is 0.889. The first-order chi connectivity index (χ1) is 5.00. The Hall–Kier alpha value is -0.530. The average molecular weight is 157 g/mol. The number of rotatable bonds is 2. The molecule has 0 aromatic carbocycles. The molecule has 0 bridgehead atoms. The molecule has 2 heteroatoms. The first kappa shape index (κ1) is 10.5. The molecular formula is C9H21N2+. The first-order valence-electron chi connectivity index (χ1n) is 4.28. The maximum atomic E-state index is 2.38. The minimum atomic E-state index is 0.599. The third-order valence-electron chi connectivity index (χ3n) is 2.03. The summed E-state index contributed by atoms with van der Waals surface area (Å²) in [4.78, 5) is 2.38. The van der Waals surface area contributed by atoms with E-state index in [0.29, 0.717) is 6.04 Å². The lowest BCUT2D eigenvalue weighted by molar-refractivity contribution is -0.471. The van der Waals surface area contributed by atoms with Crippen LogP contribution in [0.5, 0.6) is 0 Å². The van der Waals surface area contributed by atoms with Gasteiger partial charge in [-0.1, -0.05) is 0 Å². The molecule has 0 heterocycles. The van der Waals surface area contributed by atoms with Gasteiger partial charge in [-0.2, -0.15) is 0 Å². The molecule has 0 amide bonds. The van der Waals surface area contributed by atoms with Gasteiger partial charge in [-0.25, -0.2) is 0 Å². The zero-order valence-corrected chi connectivity index (χ0v) is 8.68. The van der Waals surface area contributed by atoms with Crippen LogP contribution in [-0.4, -0.2) is 42.0 Å². The van der Waals surface area contributed by atoms with Gasteiger partial charge in [0.2, 0.25) is 5.84 Å². The molecule has 2 nitrogen and oxygen atoms in total. The second-order valence-corrected chi connectivity index (χ2v) is 3.32. The molecule has 0 spiro atoms. The highest BCUT2D eigenvalue weighted by molar-refractivity contribution is 5.74. The summed E-state index contributed by atoms with van der Waals surface area (Å²) in [5.41, 5.74) is 0. The maximum Gasteiger partial charge on any atom is 0.243 e. The SMILES string of the molecule is CCN(C(C)=[N+](C)C)C(C)C. The number of hydrogen-bond acceptors (Lipinski definition) is 0. The minimum absolute atomic E-state index is 0.599. The van der Waals surface area contributed by atoms with E-state index in [9.17, 15) is 0 Å². The molecule has 0 saturated carbocycles. The summed E-state index contributed by atoms with van der Waals surface area (Å²) < 4.78 is 2.16. The average Bonchev–Trinajstić information content (AvgIpc) is 1.88. The summed E-state index contributed by atoms with van der Waals surface area (Å²) in [6.07, 6.45) is 0. The van der Waals surface area contributed by atoms with E-state index in [-0.39, 0.29) is 0 Å². The van der Waals surface area contributed by atoms with Crippen LogP contribution in [0.15, 0.2) is 0 Å². The van der Waals surface area contributed by atoms with Crippen LogP contribution in [0.2, 0.25) is 0 Å². The van der Waals surface area contributed by atoms with E-state index in [1.54, 1.807) is 0 Å². The molecule has 0 atom stereocenters. The van der Waals surface area contributed by atoms with E-state index >= 15 is 0 Å². The van der Waals surface area contributed by atoms with E-state index in [0.717, 1.165) is 6.54 Å². The van der Waals surface area contributed by atoms with E-state index < -0.39 is 0 Å². The molecule has 0 aliphatic heterocycles. The Bertz CT molecular complexity index is 144. The van der Waals surface area contributed by atoms with Crippen LogP contribution in [-0.2, 0) is 0 Å². The van der Waals surface area contributed by atoms with Gasteiger partial charge in [0.25, 0.3) is 0 Å². The molecule has 11 heavy (non-hydrogen) atoms. The van der Waals surface area contributed by atoms with Crippen LogP contribution in [0.3, 0.4) is 0 Å². The summed E-state index contributed by atoms with van der Waals surface area (Å²) in [7, 11) is 4.17. The van der Waals surface area contributed by atoms with Crippen LogP contribution in [0, 0.1) is 0 Å². The van der Waals surface area contributed by atoms with E-state index in [1.165, 1.54) is 5.84 Å². The second kappa shape index (κ2) is 4.37. The highest BCUT2D eigenvalue weighted by Crippen LogP contribution is 1.98. The van der Waals surface area contributed by atoms with Crippen molar-refractivity contribution in [2.45, 2.75) is 33.7 Å². The van der Waals surface area contributed by atoms with Crippen molar-refractivity contribution in [2.75, 3.05) is 20.6 Å². The van der Waals surface area contributed by atoms with Crippen molar-refractivity contribution in [2.24, 2.45) is 0 Å². The molecule has 66 valence electrons. The predicted molar refractivity (Wildman–Crippen MR) is 50.3 cm³/mol. The third-order valence-corrected chi connectivity index (χ3v) is 2.03. The summed E-state index contributed by atoms with van der Waals surface area (Å²) in [5, 5.41) is 0. The summed E-state index contributed by atoms with van der Waals surface area (Å²) in [6, 6.07) is 0.599. The normalized spacial score (nSPS) is 10.1. The van der Waals surface area contributed by atoms with Crippen molar-refractivity contribution in [1.29, 1.82) is 0 Å². The molecule has 0 saturated heterocycles. The van der Waals surface area contributed by atoms with Crippen LogP contribution in [0.1, 0.15) is 27.7 Å². The van der Waals surface area contributed by atoms with Gasteiger partial charge in [0.05, 0.1) is 26.7 Å². The lowest BCUT2D eigenvalue weighted by Gasteiger charge is -2.20. The van der Waals surface area contributed by atoms with Crippen molar-refractivity contribution < 1.29 is 4.58 Å². The number of nitrogens with zero attached hydrogens (tertiary/aromatic N) is 2. The number of hydrogen-bond donors (Lipinski definition) is 0. The molecule has 0 aromatic rings. The van der Waals surface area contributed by atoms with E-state index in [1.807, 2.05) is 0 Å². The Balaban J connectivity index is 4.39. The Morgan fingerprint density at radius 1 is 1.36 bits per heavy atom. The monoisotopic (exact) mass is 157 g/mol. The molecule has 0 radical (unpaired) electrons. The van der Waals surface area contributed by atoms with Crippen LogP contribution < -0.4 is 0 Å². The summed E-state index contributed by atoms with van der Waals surface area (Å²) in [6.45, 7) is 9.87. The van der Waals surface area contributed by atoms with Crippen molar-refractivity contribution in [3.8, 4) is 0 Å². The fourth-order valence-corrected chi connectivity index (χ4v) is 1.22. The zero-order valence-electron chi connectivity index (χ0n) is 8.68. The lowest BCUT2D eigenvalue weighted by atomic mass is 10.3. The lowest BCUT2D eigenvalue weighted by Crippen LogP contribution is -2.38. The predicted octanol–water partition coefficient (Wildman–Crippen LogP) is 1.41. The fourth-order valence-electron chi connectivity index (χ4n) is 1.22. The molecular weight excluding hydrogens is 136 g/mol. The highest BCUT2D eigenvalue weighted by atomic mass is 15.2. The van der Waals surface area contributed by atoms with Crippen molar-refractivity contribution >= 4 is 5.84 Å². The van der Waals surface area contributed by atoms with Gasteiger partial charge in [0.1, 0.15) is 0 Å². The summed E-state index contributed by atoms with van der Waals surface area (Å²) in [5.74, 6) is 1.34. The third kappa shape index (κ3) is 2.91. The second-order valence-electron chi connectivity index (χ2n) is 3.32. The highest BCUT2D eigenvalue weighted by Gasteiger charge is 2.16. The molecule has 0 aliphatic rings. The van der Waals surface area contributed by atoms with Gasteiger partial charge in [0.15, 0.2) is 0 Å². The van der Waals surface area contributed by atoms with Crippen molar-refractivity contribution in [3.63, 3.8) is 0 Å². The Morgan fingerprint density at radius 2 is 1.82 bits per heavy atom. The number of amidine groups is 1. The standard InChI is InChI=1S/C9H21N2/c1-7-11(8(2)3)9(4)10(5)6/h8H,7H2,1-6H3/q+1.